The van der Waals surface area contributed by atoms with Crippen LogP contribution in [0, 0.1) is 0 Å². The summed E-state index contributed by atoms with van der Waals surface area (Å²) in [6.07, 6.45) is 1.00. The summed E-state index contributed by atoms with van der Waals surface area (Å²) in [6, 6.07) is 6.39. The van der Waals surface area contributed by atoms with Gasteiger partial charge in [-0.15, -0.1) is 10.2 Å². The molecule has 1 aromatic heterocycles. The lowest BCUT2D eigenvalue weighted by atomic mass is 10.1. The largest absolute Gasteiger partial charge is 0.493 e. The molecule has 0 saturated heterocycles. The molecule has 0 spiro atoms. The van der Waals surface area contributed by atoms with Crippen LogP contribution in [0.2, 0.25) is 0 Å². The minimum Gasteiger partial charge on any atom is -0.493 e. The van der Waals surface area contributed by atoms with Crippen molar-refractivity contribution in [1.82, 2.24) is 25.9 Å². The molecule has 1 unspecified atom stereocenters. The van der Waals surface area contributed by atoms with Gasteiger partial charge >= 0.3 is 0 Å². The van der Waals surface area contributed by atoms with E-state index >= 15 is 0 Å². The highest BCUT2D eigenvalue weighted by atomic mass is 16.5. The predicted molar refractivity (Wildman–Crippen MR) is 65.1 cm³/mol. The minimum atomic E-state index is 0.0771. The first-order valence-electron chi connectivity index (χ1n) is 6.04. The van der Waals surface area contributed by atoms with Crippen molar-refractivity contribution in [3.8, 4) is 5.75 Å². The lowest BCUT2D eigenvalue weighted by molar-refractivity contribution is 0.357. The van der Waals surface area contributed by atoms with Gasteiger partial charge in [-0.3, -0.25) is 0 Å². The van der Waals surface area contributed by atoms with E-state index in [1.54, 1.807) is 0 Å². The lowest BCUT2D eigenvalue weighted by Crippen LogP contribution is -2.19. The number of ether oxygens (including phenoxy) is 1. The Hall–Kier alpha value is -1.95. The van der Waals surface area contributed by atoms with E-state index in [4.69, 9.17) is 4.74 Å². The third-order valence-electron chi connectivity index (χ3n) is 3.12. The summed E-state index contributed by atoms with van der Waals surface area (Å²) in [6.45, 7) is 3.59. The van der Waals surface area contributed by atoms with Gasteiger partial charge in [0.1, 0.15) is 5.75 Å². The van der Waals surface area contributed by atoms with Gasteiger partial charge in [-0.05, 0) is 24.1 Å². The number of fused-ring (bicyclic) bond motifs is 1. The van der Waals surface area contributed by atoms with Crippen LogP contribution < -0.4 is 10.1 Å². The summed E-state index contributed by atoms with van der Waals surface area (Å²) in [5.74, 6) is 1.70. The fourth-order valence-electron chi connectivity index (χ4n) is 2.07. The number of aromatic amines is 1. The van der Waals surface area contributed by atoms with E-state index in [1.807, 2.05) is 13.0 Å². The smallest absolute Gasteiger partial charge is 0.191 e. The molecule has 2 N–H and O–H groups in total. The van der Waals surface area contributed by atoms with Crippen LogP contribution in [0.5, 0.6) is 5.75 Å². The molecule has 6 nitrogen and oxygen atoms in total. The lowest BCUT2D eigenvalue weighted by Gasteiger charge is -2.10. The van der Waals surface area contributed by atoms with Gasteiger partial charge < -0.3 is 10.1 Å². The normalized spacial score (nSPS) is 15.2. The van der Waals surface area contributed by atoms with E-state index in [0.717, 1.165) is 25.3 Å². The molecule has 0 fully saturated rings. The molecule has 0 aliphatic carbocycles. The van der Waals surface area contributed by atoms with Crippen molar-refractivity contribution in [2.45, 2.75) is 25.9 Å². The number of benzene rings is 1. The van der Waals surface area contributed by atoms with Crippen molar-refractivity contribution >= 4 is 0 Å². The van der Waals surface area contributed by atoms with Gasteiger partial charge in [-0.2, -0.15) is 5.21 Å². The van der Waals surface area contributed by atoms with Crippen molar-refractivity contribution in [3.05, 3.63) is 35.2 Å². The number of nitrogens with one attached hydrogen (secondary N) is 2. The first-order valence-corrected chi connectivity index (χ1v) is 6.04. The van der Waals surface area contributed by atoms with Gasteiger partial charge in [-0.1, -0.05) is 17.3 Å². The van der Waals surface area contributed by atoms with Crippen LogP contribution in [-0.2, 0) is 13.0 Å². The maximum Gasteiger partial charge on any atom is 0.191 e. The van der Waals surface area contributed by atoms with Crippen LogP contribution in [0.1, 0.15) is 29.9 Å². The number of hydrogen-bond acceptors (Lipinski definition) is 5. The number of hydrogen-bond donors (Lipinski definition) is 2. The number of aromatic nitrogens is 4. The molecule has 2 aromatic rings. The van der Waals surface area contributed by atoms with Gasteiger partial charge in [0, 0.05) is 13.0 Å². The third kappa shape index (κ3) is 2.19. The van der Waals surface area contributed by atoms with Crippen LogP contribution in [0.3, 0.4) is 0 Å². The number of rotatable bonds is 4. The number of H-pyrrole nitrogens is 1. The SMILES string of the molecule is CC(NCc1ccc2c(c1)CCO2)c1nn[nH]n1. The molecule has 1 aliphatic rings. The summed E-state index contributed by atoms with van der Waals surface area (Å²) >= 11 is 0. The first-order chi connectivity index (χ1) is 8.83. The molecule has 1 atom stereocenters. The summed E-state index contributed by atoms with van der Waals surface area (Å²) in [5, 5.41) is 17.3. The predicted octanol–water partition coefficient (Wildman–Crippen LogP) is 0.985. The second kappa shape index (κ2) is 4.73. The zero-order valence-corrected chi connectivity index (χ0v) is 10.2. The van der Waals surface area contributed by atoms with Crippen molar-refractivity contribution in [2.24, 2.45) is 0 Å². The average Bonchev–Trinajstić information content (AvgIpc) is 3.05. The van der Waals surface area contributed by atoms with E-state index in [0.29, 0.717) is 5.82 Å². The van der Waals surface area contributed by atoms with Crippen LogP contribution >= 0.6 is 0 Å². The standard InChI is InChI=1S/C12H15N5O/c1-8(12-14-16-17-15-12)13-7-9-2-3-11-10(6-9)4-5-18-11/h2-3,6,8,13H,4-5,7H2,1H3,(H,14,15,16,17). The van der Waals surface area contributed by atoms with Crippen LogP contribution in [0.4, 0.5) is 0 Å². The highest BCUT2D eigenvalue weighted by molar-refractivity contribution is 5.39. The Morgan fingerprint density at radius 2 is 2.44 bits per heavy atom. The van der Waals surface area contributed by atoms with E-state index < -0.39 is 0 Å². The zero-order chi connectivity index (χ0) is 12.4. The molecule has 0 saturated carbocycles. The highest BCUT2D eigenvalue weighted by Crippen LogP contribution is 2.25. The maximum atomic E-state index is 5.49. The fourth-order valence-corrected chi connectivity index (χ4v) is 2.07. The Morgan fingerprint density at radius 1 is 1.50 bits per heavy atom. The van der Waals surface area contributed by atoms with Crippen molar-refractivity contribution in [2.75, 3.05) is 6.61 Å². The Balaban J connectivity index is 1.63. The summed E-state index contributed by atoms with van der Waals surface area (Å²) in [7, 11) is 0. The molecule has 94 valence electrons. The summed E-state index contributed by atoms with van der Waals surface area (Å²) in [5.41, 5.74) is 2.54. The third-order valence-corrected chi connectivity index (χ3v) is 3.12. The quantitative estimate of drug-likeness (QED) is 0.840. The van der Waals surface area contributed by atoms with Crippen molar-refractivity contribution in [1.29, 1.82) is 0 Å². The molecule has 0 radical (unpaired) electrons. The van der Waals surface area contributed by atoms with Crippen LogP contribution in [0.25, 0.3) is 0 Å². The van der Waals surface area contributed by atoms with Crippen molar-refractivity contribution < 1.29 is 4.74 Å². The Labute approximate surface area is 105 Å². The van der Waals surface area contributed by atoms with Gasteiger partial charge in [0.25, 0.3) is 0 Å². The van der Waals surface area contributed by atoms with Gasteiger partial charge in [0.05, 0.1) is 12.6 Å². The first kappa shape index (κ1) is 11.2. The fraction of sp³-hybridized carbons (Fsp3) is 0.417. The Kier molecular flexibility index (Phi) is 2.93. The van der Waals surface area contributed by atoms with E-state index in [-0.39, 0.29) is 6.04 Å². The van der Waals surface area contributed by atoms with Crippen LogP contribution in [-0.4, -0.2) is 27.2 Å². The molecule has 0 amide bonds. The molecule has 1 aromatic carbocycles. The molecule has 0 bridgehead atoms. The second-order valence-corrected chi connectivity index (χ2v) is 4.41. The number of tetrazole rings is 1. The monoisotopic (exact) mass is 245 g/mol. The average molecular weight is 245 g/mol. The molecular formula is C12H15N5O. The molecular weight excluding hydrogens is 230 g/mol. The van der Waals surface area contributed by atoms with Gasteiger partial charge in [0.2, 0.25) is 0 Å². The number of nitrogens with zero attached hydrogens (tertiary/aromatic N) is 3. The van der Waals surface area contributed by atoms with Gasteiger partial charge in [-0.25, -0.2) is 0 Å². The topological polar surface area (TPSA) is 75.7 Å². The van der Waals surface area contributed by atoms with Gasteiger partial charge in [0.15, 0.2) is 5.82 Å². The van der Waals surface area contributed by atoms with E-state index in [9.17, 15) is 0 Å². The maximum absolute atomic E-state index is 5.49. The molecule has 18 heavy (non-hydrogen) atoms. The second-order valence-electron chi connectivity index (χ2n) is 4.41. The van der Waals surface area contributed by atoms with Crippen LogP contribution in [0.15, 0.2) is 18.2 Å². The molecule has 2 heterocycles. The Morgan fingerprint density at radius 3 is 3.28 bits per heavy atom. The molecule has 1 aliphatic heterocycles. The van der Waals surface area contributed by atoms with E-state index in [1.165, 1.54) is 11.1 Å². The molecule has 3 rings (SSSR count). The van der Waals surface area contributed by atoms with Crippen molar-refractivity contribution in [3.63, 3.8) is 0 Å². The highest BCUT2D eigenvalue weighted by Gasteiger charge is 2.13. The molecule has 6 heteroatoms. The summed E-state index contributed by atoms with van der Waals surface area (Å²) in [4.78, 5) is 0. The van der Waals surface area contributed by atoms with E-state index in [2.05, 4.69) is 38.1 Å². The summed E-state index contributed by atoms with van der Waals surface area (Å²) < 4.78 is 5.49. The Bertz CT molecular complexity index is 525. The zero-order valence-electron chi connectivity index (χ0n) is 10.2. The minimum absolute atomic E-state index is 0.0771.